The van der Waals surface area contributed by atoms with Crippen molar-refractivity contribution in [2.75, 3.05) is 7.11 Å². The Kier molecular flexibility index (Phi) is 4.68. The predicted octanol–water partition coefficient (Wildman–Crippen LogP) is 2.53. The number of benzene rings is 2. The van der Waals surface area contributed by atoms with Crippen LogP contribution >= 0.6 is 12.2 Å². The molecular weight excluding hydrogens is 270 g/mol. The first-order chi connectivity index (χ1) is 9.69. The molecule has 0 aliphatic rings. The fourth-order valence-electron chi connectivity index (χ4n) is 1.73. The summed E-state index contributed by atoms with van der Waals surface area (Å²) in [4.78, 5) is 0. The van der Waals surface area contributed by atoms with Gasteiger partial charge in [0.2, 0.25) is 0 Å². The summed E-state index contributed by atoms with van der Waals surface area (Å²) in [6.45, 7) is 0. The van der Waals surface area contributed by atoms with E-state index < -0.39 is 0 Å². The summed E-state index contributed by atoms with van der Waals surface area (Å²) in [5.41, 5.74) is 11.0. The molecule has 2 aromatic carbocycles. The predicted molar refractivity (Wildman–Crippen MR) is 85.9 cm³/mol. The van der Waals surface area contributed by atoms with Gasteiger partial charge in [0, 0.05) is 0 Å². The van der Waals surface area contributed by atoms with Crippen molar-refractivity contribution in [2.24, 2.45) is 10.8 Å². The summed E-state index contributed by atoms with van der Waals surface area (Å²) in [7, 11) is 1.66. The van der Waals surface area contributed by atoms with Crippen LogP contribution in [0, 0.1) is 0 Å². The van der Waals surface area contributed by atoms with Crippen LogP contribution in [0.15, 0.2) is 53.6 Å². The number of hydrogen-bond donors (Lipinski definition) is 2. The molecule has 0 aromatic heterocycles. The molecular formula is C15H15N3OS. The van der Waals surface area contributed by atoms with Crippen LogP contribution in [0.2, 0.25) is 0 Å². The van der Waals surface area contributed by atoms with Crippen LogP contribution in [0.4, 0.5) is 0 Å². The summed E-state index contributed by atoms with van der Waals surface area (Å²) in [6.07, 6.45) is 1.66. The first-order valence-electron chi connectivity index (χ1n) is 6.02. The van der Waals surface area contributed by atoms with Crippen molar-refractivity contribution in [3.63, 3.8) is 0 Å². The van der Waals surface area contributed by atoms with Gasteiger partial charge in [0.25, 0.3) is 0 Å². The molecule has 0 spiro atoms. The maximum absolute atomic E-state index is 5.28. The lowest BCUT2D eigenvalue weighted by atomic mass is 10.0. The first kappa shape index (κ1) is 14.0. The molecule has 0 bridgehead atoms. The van der Waals surface area contributed by atoms with Crippen LogP contribution < -0.4 is 15.9 Å². The molecule has 3 N–H and O–H groups in total. The van der Waals surface area contributed by atoms with Gasteiger partial charge < -0.3 is 10.5 Å². The summed E-state index contributed by atoms with van der Waals surface area (Å²) < 4.78 is 5.22. The van der Waals surface area contributed by atoms with Gasteiger partial charge in [0.1, 0.15) is 5.75 Å². The van der Waals surface area contributed by atoms with Gasteiger partial charge in [0.05, 0.1) is 13.3 Å². The van der Waals surface area contributed by atoms with Crippen LogP contribution in [-0.4, -0.2) is 18.4 Å². The monoisotopic (exact) mass is 285 g/mol. The first-order valence-corrected chi connectivity index (χ1v) is 6.43. The van der Waals surface area contributed by atoms with Gasteiger partial charge in [0.15, 0.2) is 5.11 Å². The number of hydrazone groups is 1. The van der Waals surface area contributed by atoms with E-state index in [1.807, 2.05) is 48.5 Å². The highest BCUT2D eigenvalue weighted by Gasteiger charge is 1.99. The van der Waals surface area contributed by atoms with Gasteiger partial charge in [-0.15, -0.1) is 0 Å². The Morgan fingerprint density at radius 2 is 1.95 bits per heavy atom. The molecule has 20 heavy (non-hydrogen) atoms. The van der Waals surface area contributed by atoms with Crippen molar-refractivity contribution in [1.82, 2.24) is 5.43 Å². The Morgan fingerprint density at radius 3 is 2.60 bits per heavy atom. The van der Waals surface area contributed by atoms with Crippen molar-refractivity contribution in [3.8, 4) is 16.9 Å². The lowest BCUT2D eigenvalue weighted by molar-refractivity contribution is 0.415. The van der Waals surface area contributed by atoms with Crippen LogP contribution in [0.25, 0.3) is 11.1 Å². The summed E-state index contributed by atoms with van der Waals surface area (Å²) >= 11 is 4.66. The zero-order valence-electron chi connectivity index (χ0n) is 11.0. The number of nitrogens with two attached hydrogens (primary N) is 1. The highest BCUT2D eigenvalue weighted by atomic mass is 32.1. The molecule has 0 saturated heterocycles. The van der Waals surface area contributed by atoms with Gasteiger partial charge in [-0.25, -0.2) is 0 Å². The van der Waals surface area contributed by atoms with Gasteiger partial charge in [-0.3, -0.25) is 5.43 Å². The van der Waals surface area contributed by atoms with Crippen molar-refractivity contribution in [3.05, 3.63) is 54.1 Å². The highest BCUT2D eigenvalue weighted by Crippen LogP contribution is 2.23. The molecule has 0 aliphatic heterocycles. The van der Waals surface area contributed by atoms with Crippen molar-refractivity contribution in [1.29, 1.82) is 0 Å². The Labute approximate surface area is 123 Å². The van der Waals surface area contributed by atoms with E-state index in [1.54, 1.807) is 13.3 Å². The number of methoxy groups -OCH3 is 1. The zero-order valence-corrected chi connectivity index (χ0v) is 11.9. The van der Waals surface area contributed by atoms with E-state index in [2.05, 4.69) is 22.7 Å². The lowest BCUT2D eigenvalue weighted by Crippen LogP contribution is -2.23. The van der Waals surface area contributed by atoms with Gasteiger partial charge >= 0.3 is 0 Å². The van der Waals surface area contributed by atoms with E-state index in [-0.39, 0.29) is 5.11 Å². The third-order valence-corrected chi connectivity index (χ3v) is 2.79. The molecule has 102 valence electrons. The minimum absolute atomic E-state index is 0.147. The second kappa shape index (κ2) is 6.68. The standard InChI is InChI=1S/C15H15N3OS/c1-19-14-4-2-3-13(9-14)12-7-5-11(6-8-12)10-17-18-15(16)20/h2-10H,1H3,(H3,16,18,20). The molecule has 2 aromatic rings. The number of thiocarbonyl (C=S) groups is 1. The van der Waals surface area contributed by atoms with E-state index in [4.69, 9.17) is 10.5 Å². The number of rotatable bonds is 4. The van der Waals surface area contributed by atoms with Crippen LogP contribution in [0.5, 0.6) is 5.75 Å². The number of nitrogens with zero attached hydrogens (tertiary/aromatic N) is 1. The fourth-order valence-corrected chi connectivity index (χ4v) is 1.79. The molecule has 0 atom stereocenters. The molecule has 2 rings (SSSR count). The molecule has 0 amide bonds. The largest absolute Gasteiger partial charge is 0.497 e. The minimum atomic E-state index is 0.147. The highest BCUT2D eigenvalue weighted by molar-refractivity contribution is 7.80. The smallest absolute Gasteiger partial charge is 0.184 e. The van der Waals surface area contributed by atoms with E-state index in [0.717, 1.165) is 22.4 Å². The SMILES string of the molecule is COc1cccc(-c2ccc(C=NNC(N)=S)cc2)c1. The zero-order chi connectivity index (χ0) is 14.4. The Balaban J connectivity index is 2.15. The summed E-state index contributed by atoms with van der Waals surface area (Å²) in [6, 6.07) is 15.9. The molecule has 0 aliphatic carbocycles. The van der Waals surface area contributed by atoms with Gasteiger partial charge in [-0.2, -0.15) is 5.10 Å². The normalized spacial score (nSPS) is 10.4. The van der Waals surface area contributed by atoms with Crippen LogP contribution in [-0.2, 0) is 0 Å². The van der Waals surface area contributed by atoms with Gasteiger partial charge in [-0.05, 0) is 41.0 Å². The third-order valence-electron chi connectivity index (χ3n) is 2.70. The molecule has 0 saturated carbocycles. The van der Waals surface area contributed by atoms with Crippen molar-refractivity contribution >= 4 is 23.5 Å². The Hall–Kier alpha value is -2.40. The molecule has 0 radical (unpaired) electrons. The lowest BCUT2D eigenvalue weighted by Gasteiger charge is -2.05. The second-order valence-electron chi connectivity index (χ2n) is 4.09. The molecule has 0 unspecified atom stereocenters. The maximum atomic E-state index is 5.28. The Morgan fingerprint density at radius 1 is 1.20 bits per heavy atom. The number of nitrogens with one attached hydrogen (secondary N) is 1. The van der Waals surface area contributed by atoms with E-state index >= 15 is 0 Å². The quantitative estimate of drug-likeness (QED) is 0.515. The van der Waals surface area contributed by atoms with E-state index in [1.165, 1.54) is 0 Å². The topological polar surface area (TPSA) is 59.6 Å². The number of hydrogen-bond acceptors (Lipinski definition) is 3. The number of ether oxygens (including phenoxy) is 1. The summed E-state index contributed by atoms with van der Waals surface area (Å²) in [5, 5.41) is 4.06. The van der Waals surface area contributed by atoms with Crippen LogP contribution in [0.1, 0.15) is 5.56 Å². The molecule has 5 heteroatoms. The molecule has 0 heterocycles. The van der Waals surface area contributed by atoms with Gasteiger partial charge in [-0.1, -0.05) is 36.4 Å². The molecule has 4 nitrogen and oxygen atoms in total. The fraction of sp³-hybridized carbons (Fsp3) is 0.0667. The second-order valence-corrected chi connectivity index (χ2v) is 4.53. The third kappa shape index (κ3) is 3.80. The van der Waals surface area contributed by atoms with Crippen molar-refractivity contribution in [2.45, 2.75) is 0 Å². The summed E-state index contributed by atoms with van der Waals surface area (Å²) in [5.74, 6) is 0.841. The van der Waals surface area contributed by atoms with Crippen LogP contribution in [0.3, 0.4) is 0 Å². The van der Waals surface area contributed by atoms with E-state index in [0.29, 0.717) is 0 Å². The van der Waals surface area contributed by atoms with Crippen molar-refractivity contribution < 1.29 is 4.74 Å². The minimum Gasteiger partial charge on any atom is -0.497 e. The Bertz CT molecular complexity index is 623. The van der Waals surface area contributed by atoms with E-state index in [9.17, 15) is 0 Å². The average Bonchev–Trinajstić information content (AvgIpc) is 2.48. The average molecular weight is 285 g/mol. The maximum Gasteiger partial charge on any atom is 0.184 e. The molecule has 0 fully saturated rings.